The third-order valence-corrected chi connectivity index (χ3v) is 3.70. The van der Waals surface area contributed by atoms with Gasteiger partial charge in [-0.05, 0) is 42.0 Å². The van der Waals surface area contributed by atoms with E-state index in [-0.39, 0.29) is 5.91 Å². The summed E-state index contributed by atoms with van der Waals surface area (Å²) in [4.78, 5) is 14.1. The Morgan fingerprint density at radius 3 is 2.41 bits per heavy atom. The molecule has 116 valence electrons. The van der Waals surface area contributed by atoms with Gasteiger partial charge in [0.2, 0.25) is 0 Å². The Labute approximate surface area is 135 Å². The van der Waals surface area contributed by atoms with Crippen molar-refractivity contribution in [1.82, 2.24) is 5.32 Å². The first kappa shape index (κ1) is 16.2. The van der Waals surface area contributed by atoms with E-state index in [0.717, 1.165) is 11.3 Å². The molecule has 4 nitrogen and oxygen atoms in total. The van der Waals surface area contributed by atoms with Crippen molar-refractivity contribution >= 4 is 23.2 Å². The molecule has 0 saturated carbocycles. The van der Waals surface area contributed by atoms with Crippen molar-refractivity contribution in [2.24, 2.45) is 0 Å². The summed E-state index contributed by atoms with van der Waals surface area (Å²) in [6, 6.07) is 12.8. The van der Waals surface area contributed by atoms with Crippen molar-refractivity contribution in [1.29, 1.82) is 0 Å². The maximum Gasteiger partial charge on any atom is 0.251 e. The minimum absolute atomic E-state index is 0.128. The van der Waals surface area contributed by atoms with Crippen LogP contribution in [0.5, 0.6) is 5.75 Å². The third-order valence-electron chi connectivity index (χ3n) is 3.35. The number of nitrogens with zero attached hydrogens (tertiary/aromatic N) is 1. The standard InChI is InChI=1S/C17H19ClN2O2/c1-20(2)14-7-4-12(5-8-14)17(21)19-11-13-6-9-15(22-3)10-16(13)18/h4-10H,11H2,1-3H3,(H,19,21). The third kappa shape index (κ3) is 3.92. The summed E-state index contributed by atoms with van der Waals surface area (Å²) in [5.41, 5.74) is 2.52. The van der Waals surface area contributed by atoms with Gasteiger partial charge in [0.25, 0.3) is 5.91 Å². The maximum atomic E-state index is 12.1. The highest BCUT2D eigenvalue weighted by Crippen LogP contribution is 2.22. The van der Waals surface area contributed by atoms with Gasteiger partial charge in [0, 0.05) is 36.9 Å². The SMILES string of the molecule is COc1ccc(CNC(=O)c2ccc(N(C)C)cc2)c(Cl)c1. The van der Waals surface area contributed by atoms with E-state index in [1.165, 1.54) is 0 Å². The average Bonchev–Trinajstić information content (AvgIpc) is 2.53. The van der Waals surface area contributed by atoms with Crippen LogP contribution in [0.3, 0.4) is 0 Å². The van der Waals surface area contributed by atoms with Gasteiger partial charge in [-0.2, -0.15) is 0 Å². The molecule has 2 aromatic rings. The predicted molar refractivity (Wildman–Crippen MR) is 89.9 cm³/mol. The molecule has 0 saturated heterocycles. The number of anilines is 1. The second kappa shape index (κ2) is 7.18. The summed E-state index contributed by atoms with van der Waals surface area (Å²) in [6.45, 7) is 0.372. The van der Waals surface area contributed by atoms with E-state index in [2.05, 4.69) is 5.32 Å². The van der Waals surface area contributed by atoms with Crippen LogP contribution >= 0.6 is 11.6 Å². The second-order valence-electron chi connectivity index (χ2n) is 5.08. The van der Waals surface area contributed by atoms with Crippen LogP contribution in [0.1, 0.15) is 15.9 Å². The lowest BCUT2D eigenvalue weighted by Crippen LogP contribution is -2.23. The van der Waals surface area contributed by atoms with E-state index in [1.807, 2.05) is 43.3 Å². The van der Waals surface area contributed by atoms with Gasteiger partial charge in [-0.1, -0.05) is 17.7 Å². The Morgan fingerprint density at radius 1 is 1.18 bits per heavy atom. The number of amides is 1. The van der Waals surface area contributed by atoms with Crippen molar-refractivity contribution < 1.29 is 9.53 Å². The van der Waals surface area contributed by atoms with Gasteiger partial charge in [0.05, 0.1) is 7.11 Å². The smallest absolute Gasteiger partial charge is 0.251 e. The van der Waals surface area contributed by atoms with Gasteiger partial charge >= 0.3 is 0 Å². The molecule has 0 heterocycles. The Morgan fingerprint density at radius 2 is 1.86 bits per heavy atom. The molecule has 2 rings (SSSR count). The number of methoxy groups -OCH3 is 1. The van der Waals surface area contributed by atoms with E-state index < -0.39 is 0 Å². The minimum Gasteiger partial charge on any atom is -0.497 e. The van der Waals surface area contributed by atoms with Crippen LogP contribution in [0.4, 0.5) is 5.69 Å². The van der Waals surface area contributed by atoms with Crippen LogP contribution in [-0.2, 0) is 6.54 Å². The zero-order valence-corrected chi connectivity index (χ0v) is 13.6. The van der Waals surface area contributed by atoms with Crippen LogP contribution in [-0.4, -0.2) is 27.1 Å². The lowest BCUT2D eigenvalue weighted by molar-refractivity contribution is 0.0951. The molecule has 0 aliphatic rings. The first-order valence-corrected chi connectivity index (χ1v) is 7.27. The highest BCUT2D eigenvalue weighted by atomic mass is 35.5. The number of nitrogens with one attached hydrogen (secondary N) is 1. The highest BCUT2D eigenvalue weighted by Gasteiger charge is 2.08. The summed E-state index contributed by atoms with van der Waals surface area (Å²) in [5.74, 6) is 0.566. The molecule has 0 spiro atoms. The molecule has 0 aromatic heterocycles. The topological polar surface area (TPSA) is 41.6 Å². The van der Waals surface area contributed by atoms with Crippen LogP contribution in [0, 0.1) is 0 Å². The predicted octanol–water partition coefficient (Wildman–Crippen LogP) is 3.34. The van der Waals surface area contributed by atoms with Crippen molar-refractivity contribution in [3.63, 3.8) is 0 Å². The molecular weight excluding hydrogens is 300 g/mol. The molecule has 0 radical (unpaired) electrons. The van der Waals surface area contributed by atoms with E-state index in [1.54, 1.807) is 25.3 Å². The number of halogens is 1. The van der Waals surface area contributed by atoms with Gasteiger partial charge in [0.1, 0.15) is 5.75 Å². The first-order chi connectivity index (χ1) is 10.5. The lowest BCUT2D eigenvalue weighted by atomic mass is 10.1. The van der Waals surface area contributed by atoms with Crippen LogP contribution in [0.15, 0.2) is 42.5 Å². The molecule has 0 unspecified atom stereocenters. The molecular formula is C17H19ClN2O2. The fraction of sp³-hybridized carbons (Fsp3) is 0.235. The van der Waals surface area contributed by atoms with E-state index in [4.69, 9.17) is 16.3 Å². The number of ether oxygens (including phenoxy) is 1. The minimum atomic E-state index is -0.128. The molecule has 2 aromatic carbocycles. The Kier molecular flexibility index (Phi) is 5.28. The van der Waals surface area contributed by atoms with E-state index in [0.29, 0.717) is 22.9 Å². The van der Waals surface area contributed by atoms with Crippen molar-refractivity contribution in [2.45, 2.75) is 6.54 Å². The lowest BCUT2D eigenvalue weighted by Gasteiger charge is -2.13. The molecule has 1 amide bonds. The summed E-state index contributed by atoms with van der Waals surface area (Å²) in [5, 5.41) is 3.44. The molecule has 0 aliphatic heterocycles. The average molecular weight is 319 g/mol. The number of hydrogen-bond donors (Lipinski definition) is 1. The maximum absolute atomic E-state index is 12.1. The first-order valence-electron chi connectivity index (χ1n) is 6.89. The van der Waals surface area contributed by atoms with Gasteiger partial charge in [-0.15, -0.1) is 0 Å². The van der Waals surface area contributed by atoms with Crippen LogP contribution in [0.25, 0.3) is 0 Å². The fourth-order valence-electron chi connectivity index (χ4n) is 1.99. The molecule has 0 aliphatic carbocycles. The molecule has 5 heteroatoms. The Hall–Kier alpha value is -2.20. The van der Waals surface area contributed by atoms with E-state index >= 15 is 0 Å². The van der Waals surface area contributed by atoms with Crippen molar-refractivity contribution in [3.05, 3.63) is 58.6 Å². The van der Waals surface area contributed by atoms with Gasteiger partial charge in [0.15, 0.2) is 0 Å². The summed E-state index contributed by atoms with van der Waals surface area (Å²) >= 11 is 6.16. The summed E-state index contributed by atoms with van der Waals surface area (Å²) < 4.78 is 5.10. The largest absolute Gasteiger partial charge is 0.497 e. The van der Waals surface area contributed by atoms with Crippen LogP contribution < -0.4 is 15.0 Å². The van der Waals surface area contributed by atoms with Crippen molar-refractivity contribution in [2.75, 3.05) is 26.1 Å². The molecule has 1 N–H and O–H groups in total. The number of carbonyl (C=O) groups excluding carboxylic acids is 1. The fourth-order valence-corrected chi connectivity index (χ4v) is 2.22. The van der Waals surface area contributed by atoms with Crippen molar-refractivity contribution in [3.8, 4) is 5.75 Å². The summed E-state index contributed by atoms with van der Waals surface area (Å²) in [6.07, 6.45) is 0. The van der Waals surface area contributed by atoms with Gasteiger partial charge in [-0.3, -0.25) is 4.79 Å². The number of carbonyl (C=O) groups is 1. The van der Waals surface area contributed by atoms with E-state index in [9.17, 15) is 4.79 Å². The number of hydrogen-bond acceptors (Lipinski definition) is 3. The molecule has 0 fully saturated rings. The van der Waals surface area contributed by atoms with Gasteiger partial charge < -0.3 is 15.0 Å². The zero-order chi connectivity index (χ0) is 16.1. The Bertz CT molecular complexity index is 654. The number of rotatable bonds is 5. The molecule has 22 heavy (non-hydrogen) atoms. The zero-order valence-electron chi connectivity index (χ0n) is 12.9. The highest BCUT2D eigenvalue weighted by molar-refractivity contribution is 6.31. The van der Waals surface area contributed by atoms with Gasteiger partial charge in [-0.25, -0.2) is 0 Å². The molecule has 0 atom stereocenters. The Balaban J connectivity index is 2.00. The second-order valence-corrected chi connectivity index (χ2v) is 5.49. The number of benzene rings is 2. The van der Waals surface area contributed by atoms with Crippen LogP contribution in [0.2, 0.25) is 5.02 Å². The quantitative estimate of drug-likeness (QED) is 0.919. The monoisotopic (exact) mass is 318 g/mol. The molecule has 0 bridgehead atoms. The summed E-state index contributed by atoms with van der Waals surface area (Å²) in [7, 11) is 5.51. The normalized spacial score (nSPS) is 10.2.